The zero-order valence-electron chi connectivity index (χ0n) is 12.1. The molecular weight excluding hydrogens is 329 g/mol. The number of carbonyl (C=O) groups is 1. The van der Waals surface area contributed by atoms with Crippen LogP contribution in [0.5, 0.6) is 0 Å². The fourth-order valence-electron chi connectivity index (χ4n) is 1.89. The Balaban J connectivity index is 0.00000200. The van der Waals surface area contributed by atoms with Crippen LogP contribution in [0.2, 0.25) is 0 Å². The van der Waals surface area contributed by atoms with Gasteiger partial charge in [-0.15, -0.1) is 36.2 Å². The number of nitrogens with one attached hydrogen (secondary N) is 2. The number of halogens is 2. The molecule has 2 aromatic rings. The average Bonchev–Trinajstić information content (AvgIpc) is 2.69. The molecule has 0 fully saturated rings. The van der Waals surface area contributed by atoms with Crippen LogP contribution in [0, 0.1) is 13.8 Å². The Morgan fingerprint density at radius 2 is 2.00 bits per heavy atom. The molecule has 2 rings (SSSR count). The number of rotatable bonds is 4. The summed E-state index contributed by atoms with van der Waals surface area (Å²) in [5.41, 5.74) is 2.73. The van der Waals surface area contributed by atoms with E-state index in [0.717, 1.165) is 28.5 Å². The third-order valence-corrected chi connectivity index (χ3v) is 3.75. The molecule has 1 aromatic carbocycles. The van der Waals surface area contributed by atoms with Crippen LogP contribution in [-0.4, -0.2) is 17.9 Å². The summed E-state index contributed by atoms with van der Waals surface area (Å²) in [4.78, 5) is 17.1. The Hall–Kier alpha value is -1.14. The number of benzene rings is 1. The first-order valence-corrected chi connectivity index (χ1v) is 6.90. The minimum absolute atomic E-state index is 0. The molecule has 1 heterocycles. The maximum Gasteiger partial charge on any atom is 0.267 e. The van der Waals surface area contributed by atoms with Crippen molar-refractivity contribution in [1.29, 1.82) is 0 Å². The van der Waals surface area contributed by atoms with Crippen LogP contribution in [0.25, 0.3) is 0 Å². The summed E-state index contributed by atoms with van der Waals surface area (Å²) in [6.45, 7) is 4.54. The molecule has 0 saturated carbocycles. The van der Waals surface area contributed by atoms with E-state index in [0.29, 0.717) is 4.88 Å². The zero-order chi connectivity index (χ0) is 13.8. The lowest BCUT2D eigenvalue weighted by molar-refractivity contribution is 0.103. The Kier molecular flexibility index (Phi) is 8.51. The quantitative estimate of drug-likeness (QED) is 0.888. The van der Waals surface area contributed by atoms with E-state index in [4.69, 9.17) is 0 Å². The second kappa shape index (κ2) is 9.00. The van der Waals surface area contributed by atoms with Crippen molar-refractivity contribution in [3.8, 4) is 0 Å². The Morgan fingerprint density at radius 3 is 2.57 bits per heavy atom. The fourth-order valence-corrected chi connectivity index (χ4v) is 2.71. The second-order valence-corrected chi connectivity index (χ2v) is 5.54. The van der Waals surface area contributed by atoms with E-state index in [1.54, 1.807) is 0 Å². The van der Waals surface area contributed by atoms with Crippen LogP contribution in [0.15, 0.2) is 24.3 Å². The molecule has 0 aliphatic heterocycles. The molecule has 4 nitrogen and oxygen atoms in total. The van der Waals surface area contributed by atoms with E-state index < -0.39 is 0 Å². The van der Waals surface area contributed by atoms with Crippen LogP contribution in [0.3, 0.4) is 0 Å². The van der Waals surface area contributed by atoms with Gasteiger partial charge in [0.05, 0.1) is 10.7 Å². The first kappa shape index (κ1) is 19.9. The monoisotopic (exact) mass is 347 g/mol. The van der Waals surface area contributed by atoms with Gasteiger partial charge in [0.15, 0.2) is 0 Å². The number of aryl methyl sites for hydroxylation is 2. The van der Waals surface area contributed by atoms with Gasteiger partial charge >= 0.3 is 0 Å². The summed E-state index contributed by atoms with van der Waals surface area (Å²) in [5, 5.41) is 6.91. The van der Waals surface area contributed by atoms with E-state index in [9.17, 15) is 4.79 Å². The predicted octanol–water partition coefficient (Wildman–Crippen LogP) is 3.58. The minimum Gasteiger partial charge on any atom is -0.321 e. The summed E-state index contributed by atoms with van der Waals surface area (Å²) < 4.78 is 0. The van der Waals surface area contributed by atoms with Gasteiger partial charge in [0.25, 0.3) is 5.91 Å². The highest BCUT2D eigenvalue weighted by atomic mass is 35.5. The molecule has 0 spiro atoms. The SMILES string of the molecule is CNCc1cccc(NC(=O)c2sc(C)nc2C)c1.Cl.Cl. The number of anilines is 1. The molecule has 0 atom stereocenters. The molecule has 7 heteroatoms. The maximum absolute atomic E-state index is 12.2. The standard InChI is InChI=1S/C14H17N3OS.2ClH/c1-9-13(19-10(2)16-9)14(18)17-12-6-4-5-11(7-12)8-15-3;;/h4-7,15H,8H2,1-3H3,(H,17,18);2*1H. The molecule has 1 aromatic heterocycles. The van der Waals surface area contributed by atoms with Crippen LogP contribution in [-0.2, 0) is 6.54 Å². The van der Waals surface area contributed by atoms with Crippen molar-refractivity contribution in [2.24, 2.45) is 0 Å². The van der Waals surface area contributed by atoms with Crippen molar-refractivity contribution in [3.63, 3.8) is 0 Å². The highest BCUT2D eigenvalue weighted by Gasteiger charge is 2.13. The van der Waals surface area contributed by atoms with E-state index in [-0.39, 0.29) is 30.7 Å². The van der Waals surface area contributed by atoms with Gasteiger partial charge in [0, 0.05) is 12.2 Å². The van der Waals surface area contributed by atoms with Crippen molar-refractivity contribution >= 4 is 47.7 Å². The molecule has 0 saturated heterocycles. The molecule has 0 aliphatic rings. The highest BCUT2D eigenvalue weighted by Crippen LogP contribution is 2.19. The number of aromatic nitrogens is 1. The number of hydrogen-bond donors (Lipinski definition) is 2. The van der Waals surface area contributed by atoms with Gasteiger partial charge in [-0.25, -0.2) is 4.98 Å². The molecule has 0 radical (unpaired) electrons. The van der Waals surface area contributed by atoms with Gasteiger partial charge in [-0.1, -0.05) is 12.1 Å². The summed E-state index contributed by atoms with van der Waals surface area (Å²) in [5.74, 6) is -0.0929. The van der Waals surface area contributed by atoms with Gasteiger partial charge in [0.1, 0.15) is 4.88 Å². The summed E-state index contributed by atoms with van der Waals surface area (Å²) >= 11 is 1.42. The molecular formula is C14H19Cl2N3OS. The lowest BCUT2D eigenvalue weighted by Gasteiger charge is -2.06. The first-order chi connectivity index (χ1) is 9.10. The molecule has 1 amide bonds. The smallest absolute Gasteiger partial charge is 0.267 e. The minimum atomic E-state index is -0.0929. The van der Waals surface area contributed by atoms with Crippen molar-refractivity contribution in [2.75, 3.05) is 12.4 Å². The van der Waals surface area contributed by atoms with Crippen molar-refractivity contribution in [3.05, 3.63) is 45.4 Å². The topological polar surface area (TPSA) is 54.0 Å². The Bertz CT molecular complexity index is 602. The van der Waals surface area contributed by atoms with Crippen molar-refractivity contribution < 1.29 is 4.79 Å². The van der Waals surface area contributed by atoms with Gasteiger partial charge in [0.2, 0.25) is 0 Å². The van der Waals surface area contributed by atoms with E-state index in [1.807, 2.05) is 45.2 Å². The van der Waals surface area contributed by atoms with E-state index in [2.05, 4.69) is 15.6 Å². The maximum atomic E-state index is 12.2. The number of amides is 1. The normalized spacial score (nSPS) is 9.48. The summed E-state index contributed by atoms with van der Waals surface area (Å²) in [7, 11) is 1.90. The molecule has 0 aliphatic carbocycles. The van der Waals surface area contributed by atoms with Gasteiger partial charge in [-0.3, -0.25) is 4.79 Å². The van der Waals surface area contributed by atoms with Gasteiger partial charge < -0.3 is 10.6 Å². The van der Waals surface area contributed by atoms with Crippen LogP contribution < -0.4 is 10.6 Å². The van der Waals surface area contributed by atoms with Gasteiger partial charge in [-0.2, -0.15) is 0 Å². The number of thiazole rings is 1. The Labute approximate surface area is 141 Å². The van der Waals surface area contributed by atoms with Crippen molar-refractivity contribution in [2.45, 2.75) is 20.4 Å². The number of hydrogen-bond acceptors (Lipinski definition) is 4. The Morgan fingerprint density at radius 1 is 1.29 bits per heavy atom. The molecule has 116 valence electrons. The van der Waals surface area contributed by atoms with Crippen molar-refractivity contribution in [1.82, 2.24) is 10.3 Å². The predicted molar refractivity (Wildman–Crippen MR) is 93.2 cm³/mol. The largest absolute Gasteiger partial charge is 0.321 e. The third-order valence-electron chi connectivity index (χ3n) is 2.68. The summed E-state index contributed by atoms with van der Waals surface area (Å²) in [6.07, 6.45) is 0. The van der Waals surface area contributed by atoms with Crippen LogP contribution in [0.1, 0.15) is 25.9 Å². The molecule has 0 unspecified atom stereocenters. The zero-order valence-corrected chi connectivity index (χ0v) is 14.5. The highest BCUT2D eigenvalue weighted by molar-refractivity contribution is 7.13. The molecule has 0 bridgehead atoms. The number of nitrogens with zero attached hydrogens (tertiary/aromatic N) is 1. The van der Waals surface area contributed by atoms with Gasteiger partial charge in [-0.05, 0) is 38.6 Å². The number of carbonyl (C=O) groups excluding carboxylic acids is 1. The fraction of sp³-hybridized carbons (Fsp3) is 0.286. The van der Waals surface area contributed by atoms with E-state index in [1.165, 1.54) is 11.3 Å². The molecule has 2 N–H and O–H groups in total. The summed E-state index contributed by atoms with van der Waals surface area (Å²) in [6, 6.07) is 7.82. The van der Waals surface area contributed by atoms with Crippen LogP contribution in [0.4, 0.5) is 5.69 Å². The van der Waals surface area contributed by atoms with Crippen LogP contribution >= 0.6 is 36.2 Å². The lowest BCUT2D eigenvalue weighted by atomic mass is 10.2. The lowest BCUT2D eigenvalue weighted by Crippen LogP contribution is -2.12. The van der Waals surface area contributed by atoms with E-state index >= 15 is 0 Å². The third kappa shape index (κ3) is 5.28. The first-order valence-electron chi connectivity index (χ1n) is 6.09. The molecule has 21 heavy (non-hydrogen) atoms. The average molecular weight is 348 g/mol. The second-order valence-electron chi connectivity index (χ2n) is 4.33.